The van der Waals surface area contributed by atoms with Crippen molar-refractivity contribution >= 4 is 27.3 Å². The van der Waals surface area contributed by atoms with E-state index in [1.54, 1.807) is 42.7 Å². The minimum absolute atomic E-state index is 0.271. The van der Waals surface area contributed by atoms with Crippen LogP contribution in [-0.2, 0) is 14.6 Å². The second-order valence-electron chi connectivity index (χ2n) is 7.84. The van der Waals surface area contributed by atoms with Gasteiger partial charge in [-0.15, -0.1) is 5.10 Å². The number of nitrogens with one attached hydrogen (secondary N) is 1. The molecule has 0 atom stereocenters. The minimum atomic E-state index is -3.24. The zero-order valence-electron chi connectivity index (χ0n) is 18.5. The molecule has 1 aliphatic rings. The lowest BCUT2D eigenvalue weighted by Gasteiger charge is -2.28. The van der Waals surface area contributed by atoms with Gasteiger partial charge in [-0.05, 0) is 42.5 Å². The van der Waals surface area contributed by atoms with Crippen molar-refractivity contribution < 1.29 is 13.2 Å². The molecule has 1 saturated heterocycles. The highest BCUT2D eigenvalue weighted by atomic mass is 32.2. The minimum Gasteiger partial charge on any atom is -0.378 e. The van der Waals surface area contributed by atoms with Crippen LogP contribution < -0.4 is 10.2 Å². The van der Waals surface area contributed by atoms with Gasteiger partial charge in [-0.25, -0.2) is 18.4 Å². The van der Waals surface area contributed by atoms with Crippen molar-refractivity contribution in [2.24, 2.45) is 0 Å². The molecular weight excluding hydrogens is 454 g/mol. The molecule has 1 aliphatic heterocycles. The molecule has 174 valence electrons. The Morgan fingerprint density at radius 2 is 1.71 bits per heavy atom. The predicted molar refractivity (Wildman–Crippen MR) is 128 cm³/mol. The second kappa shape index (κ2) is 9.20. The van der Waals surface area contributed by atoms with Gasteiger partial charge in [0.1, 0.15) is 0 Å². The van der Waals surface area contributed by atoms with E-state index in [4.69, 9.17) is 4.74 Å². The summed E-state index contributed by atoms with van der Waals surface area (Å²) in [6.07, 6.45) is 4.61. The number of hydrogen-bond acceptors (Lipinski definition) is 9. The molecule has 0 amide bonds. The lowest BCUT2D eigenvalue weighted by atomic mass is 10.1. The van der Waals surface area contributed by atoms with Crippen LogP contribution in [0, 0.1) is 0 Å². The molecule has 34 heavy (non-hydrogen) atoms. The van der Waals surface area contributed by atoms with Gasteiger partial charge in [0.15, 0.2) is 15.7 Å². The fourth-order valence-electron chi connectivity index (χ4n) is 3.69. The third kappa shape index (κ3) is 4.75. The average molecular weight is 478 g/mol. The number of hydrogen-bond donors (Lipinski definition) is 1. The Kier molecular flexibility index (Phi) is 5.95. The Hall–Kier alpha value is -3.83. The maximum Gasteiger partial charge on any atom is 0.227 e. The molecule has 11 heteroatoms. The van der Waals surface area contributed by atoms with E-state index in [2.05, 4.69) is 30.5 Å². The molecule has 3 heterocycles. The van der Waals surface area contributed by atoms with Crippen molar-refractivity contribution in [1.29, 1.82) is 0 Å². The van der Waals surface area contributed by atoms with Crippen LogP contribution in [-0.4, -0.2) is 65.9 Å². The van der Waals surface area contributed by atoms with Crippen molar-refractivity contribution in [2.75, 3.05) is 42.8 Å². The lowest BCUT2D eigenvalue weighted by molar-refractivity contribution is 0.122. The molecule has 0 aliphatic carbocycles. The topological polar surface area (TPSA) is 115 Å². The number of aromatic nitrogens is 5. The number of sulfone groups is 1. The van der Waals surface area contributed by atoms with Gasteiger partial charge in [-0.1, -0.05) is 17.3 Å². The van der Waals surface area contributed by atoms with Crippen LogP contribution >= 0.6 is 0 Å². The van der Waals surface area contributed by atoms with Crippen LogP contribution in [0.2, 0.25) is 0 Å². The smallest absolute Gasteiger partial charge is 0.227 e. The van der Waals surface area contributed by atoms with Gasteiger partial charge in [0, 0.05) is 36.8 Å². The molecule has 0 bridgehead atoms. The second-order valence-corrected chi connectivity index (χ2v) is 9.85. The first-order valence-electron chi connectivity index (χ1n) is 10.7. The van der Waals surface area contributed by atoms with Crippen LogP contribution in [0.1, 0.15) is 0 Å². The van der Waals surface area contributed by atoms with Crippen molar-refractivity contribution in [2.45, 2.75) is 4.90 Å². The maximum atomic E-state index is 11.7. The van der Waals surface area contributed by atoms with Crippen LogP contribution in [0.25, 0.3) is 16.9 Å². The third-order valence-electron chi connectivity index (χ3n) is 5.47. The number of benzene rings is 2. The third-order valence-corrected chi connectivity index (χ3v) is 6.60. The molecular formula is C23H23N7O3S. The maximum absolute atomic E-state index is 11.7. The zero-order valence-corrected chi connectivity index (χ0v) is 19.3. The van der Waals surface area contributed by atoms with Crippen molar-refractivity contribution in [1.82, 2.24) is 25.0 Å². The van der Waals surface area contributed by atoms with Gasteiger partial charge in [0.2, 0.25) is 5.95 Å². The molecule has 0 saturated carbocycles. The van der Waals surface area contributed by atoms with E-state index in [1.165, 1.54) is 6.26 Å². The number of ether oxygens (including phenoxy) is 1. The van der Waals surface area contributed by atoms with E-state index in [0.29, 0.717) is 24.9 Å². The summed E-state index contributed by atoms with van der Waals surface area (Å²) >= 11 is 0. The number of rotatable bonds is 6. The first kappa shape index (κ1) is 22.0. The Morgan fingerprint density at radius 3 is 2.41 bits per heavy atom. The summed E-state index contributed by atoms with van der Waals surface area (Å²) in [7, 11) is -3.24. The molecule has 0 unspecified atom stereocenters. The summed E-state index contributed by atoms with van der Waals surface area (Å²) in [5.74, 6) is 1.37. The normalized spacial score (nSPS) is 14.2. The monoisotopic (exact) mass is 477 g/mol. The summed E-state index contributed by atoms with van der Waals surface area (Å²) in [6, 6.07) is 16.2. The number of nitrogens with zero attached hydrogens (tertiary/aromatic N) is 6. The highest BCUT2D eigenvalue weighted by molar-refractivity contribution is 7.90. The van der Waals surface area contributed by atoms with Crippen molar-refractivity contribution in [3.63, 3.8) is 0 Å². The summed E-state index contributed by atoms with van der Waals surface area (Å²) < 4.78 is 30.6. The number of morpholine rings is 1. The van der Waals surface area contributed by atoms with Gasteiger partial charge in [0.25, 0.3) is 0 Å². The molecule has 5 rings (SSSR count). The van der Waals surface area contributed by atoms with Gasteiger partial charge in [-0.3, -0.25) is 0 Å². The summed E-state index contributed by atoms with van der Waals surface area (Å²) in [5, 5.41) is 11.5. The fraction of sp³-hybridized carbons (Fsp3) is 0.217. The zero-order chi connectivity index (χ0) is 23.5. The molecule has 0 radical (unpaired) electrons. The Labute approximate surface area is 197 Å². The molecule has 1 fully saturated rings. The predicted octanol–water partition coefficient (Wildman–Crippen LogP) is 2.71. The summed E-state index contributed by atoms with van der Waals surface area (Å²) in [6.45, 7) is 2.99. The first-order chi connectivity index (χ1) is 16.5. The number of anilines is 3. The van der Waals surface area contributed by atoms with Crippen LogP contribution in [0.5, 0.6) is 0 Å². The van der Waals surface area contributed by atoms with Crippen LogP contribution in [0.15, 0.2) is 71.9 Å². The fourth-order valence-corrected chi connectivity index (χ4v) is 4.32. The average Bonchev–Trinajstić information content (AvgIpc) is 3.35. The molecule has 0 spiro atoms. The van der Waals surface area contributed by atoms with Crippen molar-refractivity contribution in [3.05, 3.63) is 67.0 Å². The van der Waals surface area contributed by atoms with Crippen LogP contribution in [0.4, 0.5) is 17.5 Å². The van der Waals surface area contributed by atoms with Gasteiger partial charge in [-0.2, -0.15) is 4.68 Å². The van der Waals surface area contributed by atoms with Gasteiger partial charge < -0.3 is 15.0 Å². The molecule has 2 aromatic heterocycles. The SMILES string of the molecule is CS(=O)(=O)c1ccc(-c2ccnc(Nc3ccc(-n4nncc4N4CCOCC4)cc3)n2)cc1. The molecule has 2 aromatic carbocycles. The van der Waals surface area contributed by atoms with Crippen molar-refractivity contribution in [3.8, 4) is 16.9 Å². The van der Waals surface area contributed by atoms with Crippen LogP contribution in [0.3, 0.4) is 0 Å². The van der Waals surface area contributed by atoms with E-state index in [0.717, 1.165) is 35.8 Å². The van der Waals surface area contributed by atoms with E-state index in [9.17, 15) is 8.42 Å². The Bertz CT molecular complexity index is 1380. The molecule has 10 nitrogen and oxygen atoms in total. The summed E-state index contributed by atoms with van der Waals surface area (Å²) in [4.78, 5) is 11.3. The lowest BCUT2D eigenvalue weighted by Crippen LogP contribution is -2.37. The standard InChI is InChI=1S/C23H23N7O3S/c1-34(31,32)20-8-2-17(3-9-20)21-10-11-24-23(27-21)26-18-4-6-19(7-5-18)30-22(16-25-28-30)29-12-14-33-15-13-29/h2-11,16H,12-15H2,1H3,(H,24,26,27). The Balaban J connectivity index is 1.32. The van der Waals surface area contributed by atoms with E-state index in [1.807, 2.05) is 28.9 Å². The Morgan fingerprint density at radius 1 is 0.971 bits per heavy atom. The largest absolute Gasteiger partial charge is 0.378 e. The van der Waals surface area contributed by atoms with E-state index >= 15 is 0 Å². The molecule has 1 N–H and O–H groups in total. The summed E-state index contributed by atoms with van der Waals surface area (Å²) in [5.41, 5.74) is 3.20. The van der Waals surface area contributed by atoms with Gasteiger partial charge >= 0.3 is 0 Å². The first-order valence-corrected chi connectivity index (χ1v) is 12.6. The van der Waals surface area contributed by atoms with E-state index < -0.39 is 9.84 Å². The molecule has 4 aromatic rings. The van der Waals surface area contributed by atoms with Gasteiger partial charge in [0.05, 0.1) is 35.7 Å². The quantitative estimate of drug-likeness (QED) is 0.447. The highest BCUT2D eigenvalue weighted by Crippen LogP contribution is 2.23. The highest BCUT2D eigenvalue weighted by Gasteiger charge is 2.17. The van der Waals surface area contributed by atoms with E-state index in [-0.39, 0.29) is 4.90 Å².